The van der Waals surface area contributed by atoms with Crippen molar-refractivity contribution >= 4 is 21.6 Å². The number of amides is 1. The molecule has 0 heterocycles. The van der Waals surface area contributed by atoms with Crippen LogP contribution < -0.4 is 19.1 Å². The molecule has 174 valence electrons. The molecule has 8 heteroatoms. The monoisotopic (exact) mass is 468 g/mol. The van der Waals surface area contributed by atoms with E-state index >= 15 is 0 Å². The SMILES string of the molecule is CCC(NC(=O)CN(c1cc(OC)ccc1OC)S(=O)(=O)c1ccccc1)c1ccccc1. The molecule has 0 radical (unpaired) electrons. The van der Waals surface area contributed by atoms with E-state index in [1.54, 1.807) is 36.4 Å². The Morgan fingerprint density at radius 3 is 2.15 bits per heavy atom. The van der Waals surface area contributed by atoms with E-state index in [0.717, 1.165) is 9.87 Å². The van der Waals surface area contributed by atoms with Crippen LogP contribution in [0.4, 0.5) is 5.69 Å². The molecule has 7 nitrogen and oxygen atoms in total. The lowest BCUT2D eigenvalue weighted by molar-refractivity contribution is -0.120. The van der Waals surface area contributed by atoms with Gasteiger partial charge >= 0.3 is 0 Å². The highest BCUT2D eigenvalue weighted by atomic mass is 32.2. The largest absolute Gasteiger partial charge is 0.497 e. The maximum absolute atomic E-state index is 13.6. The van der Waals surface area contributed by atoms with Gasteiger partial charge in [-0.1, -0.05) is 55.5 Å². The molecule has 0 aliphatic rings. The number of carbonyl (C=O) groups excluding carboxylic acids is 1. The van der Waals surface area contributed by atoms with Gasteiger partial charge in [-0.2, -0.15) is 0 Å². The first-order valence-corrected chi connectivity index (χ1v) is 12.0. The van der Waals surface area contributed by atoms with Gasteiger partial charge in [0.15, 0.2) is 0 Å². The van der Waals surface area contributed by atoms with Crippen molar-refractivity contribution in [2.75, 3.05) is 25.1 Å². The number of hydrogen-bond donors (Lipinski definition) is 1. The zero-order chi connectivity index (χ0) is 23.8. The number of hydrogen-bond acceptors (Lipinski definition) is 5. The number of nitrogens with zero attached hydrogens (tertiary/aromatic N) is 1. The van der Waals surface area contributed by atoms with Crippen LogP contribution in [0.3, 0.4) is 0 Å². The van der Waals surface area contributed by atoms with Gasteiger partial charge in [-0.15, -0.1) is 0 Å². The highest BCUT2D eigenvalue weighted by Crippen LogP contribution is 2.35. The molecule has 0 bridgehead atoms. The zero-order valence-electron chi connectivity index (χ0n) is 18.9. The minimum absolute atomic E-state index is 0.0674. The lowest BCUT2D eigenvalue weighted by Crippen LogP contribution is -2.42. The topological polar surface area (TPSA) is 84.9 Å². The minimum atomic E-state index is -4.08. The molecule has 0 spiro atoms. The van der Waals surface area contributed by atoms with Crippen LogP contribution in [0.2, 0.25) is 0 Å². The van der Waals surface area contributed by atoms with Crippen LogP contribution in [-0.4, -0.2) is 35.1 Å². The Hall–Kier alpha value is -3.52. The van der Waals surface area contributed by atoms with E-state index < -0.39 is 22.5 Å². The first kappa shape index (κ1) is 24.1. The molecular weight excluding hydrogens is 440 g/mol. The summed E-state index contributed by atoms with van der Waals surface area (Å²) in [4.78, 5) is 13.2. The fraction of sp³-hybridized carbons (Fsp3) is 0.240. The lowest BCUT2D eigenvalue weighted by Gasteiger charge is -2.27. The fourth-order valence-corrected chi connectivity index (χ4v) is 4.93. The Kier molecular flexibility index (Phi) is 7.95. The molecule has 1 atom stereocenters. The van der Waals surface area contributed by atoms with Gasteiger partial charge in [-0.05, 0) is 36.2 Å². The Morgan fingerprint density at radius 2 is 1.58 bits per heavy atom. The summed E-state index contributed by atoms with van der Waals surface area (Å²) in [6.45, 7) is 1.53. The number of nitrogens with one attached hydrogen (secondary N) is 1. The van der Waals surface area contributed by atoms with Crippen molar-refractivity contribution in [1.82, 2.24) is 5.32 Å². The summed E-state index contributed by atoms with van der Waals surface area (Å²) in [6.07, 6.45) is 0.656. The number of anilines is 1. The molecule has 3 aromatic carbocycles. The fourth-order valence-electron chi connectivity index (χ4n) is 3.49. The van der Waals surface area contributed by atoms with Crippen molar-refractivity contribution in [2.24, 2.45) is 0 Å². The predicted molar refractivity (Wildman–Crippen MR) is 128 cm³/mol. The van der Waals surface area contributed by atoms with Gasteiger partial charge in [-0.25, -0.2) is 8.42 Å². The highest BCUT2D eigenvalue weighted by Gasteiger charge is 2.30. The molecule has 0 aliphatic carbocycles. The molecule has 0 saturated heterocycles. The third kappa shape index (κ3) is 5.64. The van der Waals surface area contributed by atoms with E-state index in [2.05, 4.69) is 5.32 Å². The van der Waals surface area contributed by atoms with E-state index in [1.807, 2.05) is 37.3 Å². The van der Waals surface area contributed by atoms with Crippen LogP contribution in [0.15, 0.2) is 83.8 Å². The van der Waals surface area contributed by atoms with Crippen LogP contribution in [-0.2, 0) is 14.8 Å². The van der Waals surface area contributed by atoms with Crippen LogP contribution in [0.25, 0.3) is 0 Å². The number of benzene rings is 3. The van der Waals surface area contributed by atoms with E-state index in [1.165, 1.54) is 26.4 Å². The van der Waals surface area contributed by atoms with E-state index in [-0.39, 0.29) is 16.6 Å². The van der Waals surface area contributed by atoms with Crippen LogP contribution in [0.5, 0.6) is 11.5 Å². The second-order valence-electron chi connectivity index (χ2n) is 7.30. The molecule has 0 aromatic heterocycles. The standard InChI is InChI=1S/C25H28N2O5S/c1-4-22(19-11-7-5-8-12-19)26-25(28)18-27(33(29,30)21-13-9-6-10-14-21)23-17-20(31-2)15-16-24(23)32-3/h5-17,22H,4,18H2,1-3H3,(H,26,28). The Labute approximate surface area is 195 Å². The van der Waals surface area contributed by atoms with Crippen molar-refractivity contribution in [2.45, 2.75) is 24.3 Å². The molecule has 1 unspecified atom stereocenters. The smallest absolute Gasteiger partial charge is 0.264 e. The number of carbonyl (C=O) groups is 1. The van der Waals surface area contributed by atoms with Gasteiger partial charge in [0.2, 0.25) is 5.91 Å². The lowest BCUT2D eigenvalue weighted by atomic mass is 10.0. The Bertz CT molecular complexity index is 1170. The van der Waals surface area contributed by atoms with Crippen LogP contribution in [0, 0.1) is 0 Å². The number of sulfonamides is 1. The molecule has 0 aliphatic heterocycles. The molecule has 0 fully saturated rings. The van der Waals surface area contributed by atoms with Crippen LogP contribution >= 0.6 is 0 Å². The van der Waals surface area contributed by atoms with Crippen LogP contribution in [0.1, 0.15) is 24.9 Å². The average Bonchev–Trinajstić information content (AvgIpc) is 2.86. The quantitative estimate of drug-likeness (QED) is 0.483. The summed E-state index contributed by atoms with van der Waals surface area (Å²) in [7, 11) is -1.15. The summed E-state index contributed by atoms with van der Waals surface area (Å²) in [5.41, 5.74) is 1.16. The average molecular weight is 469 g/mol. The van der Waals surface area contributed by atoms with Crippen molar-refractivity contribution < 1.29 is 22.7 Å². The van der Waals surface area contributed by atoms with Gasteiger partial charge in [0.1, 0.15) is 18.0 Å². The molecule has 3 aromatic rings. The summed E-state index contributed by atoms with van der Waals surface area (Å²) in [5.74, 6) is 0.309. The first-order valence-electron chi connectivity index (χ1n) is 10.5. The van der Waals surface area contributed by atoms with Gasteiger partial charge in [0.05, 0.1) is 30.8 Å². The molecule has 33 heavy (non-hydrogen) atoms. The molecule has 3 rings (SSSR count). The second-order valence-corrected chi connectivity index (χ2v) is 9.16. The third-order valence-corrected chi connectivity index (χ3v) is 6.99. The number of rotatable bonds is 10. The van der Waals surface area contributed by atoms with Crippen molar-refractivity contribution in [3.05, 3.63) is 84.4 Å². The van der Waals surface area contributed by atoms with Crippen molar-refractivity contribution in [3.8, 4) is 11.5 Å². The summed E-state index contributed by atoms with van der Waals surface area (Å²) in [5, 5.41) is 2.96. The first-order chi connectivity index (χ1) is 15.9. The normalized spacial score (nSPS) is 12.0. The van der Waals surface area contributed by atoms with Gasteiger partial charge in [0.25, 0.3) is 10.0 Å². The van der Waals surface area contributed by atoms with Crippen molar-refractivity contribution in [1.29, 1.82) is 0 Å². The van der Waals surface area contributed by atoms with E-state index in [9.17, 15) is 13.2 Å². The molecule has 1 N–H and O–H groups in total. The maximum Gasteiger partial charge on any atom is 0.264 e. The molecular formula is C25H28N2O5S. The second kappa shape index (κ2) is 10.9. The predicted octanol–water partition coefficient (Wildman–Crippen LogP) is 4.17. The maximum atomic E-state index is 13.6. The zero-order valence-corrected chi connectivity index (χ0v) is 19.7. The van der Waals surface area contributed by atoms with Gasteiger partial charge in [-0.3, -0.25) is 9.10 Å². The van der Waals surface area contributed by atoms with E-state index in [4.69, 9.17) is 9.47 Å². The Morgan fingerprint density at radius 1 is 0.939 bits per heavy atom. The van der Waals surface area contributed by atoms with Crippen molar-refractivity contribution in [3.63, 3.8) is 0 Å². The summed E-state index contributed by atoms with van der Waals surface area (Å²) < 4.78 is 39.0. The number of ether oxygens (including phenoxy) is 2. The summed E-state index contributed by atoms with van der Waals surface area (Å²) in [6, 6.07) is 22.1. The Balaban J connectivity index is 2.00. The number of methoxy groups -OCH3 is 2. The molecule has 0 saturated carbocycles. The third-order valence-electron chi connectivity index (χ3n) is 5.22. The molecule has 1 amide bonds. The van der Waals surface area contributed by atoms with Gasteiger partial charge < -0.3 is 14.8 Å². The highest BCUT2D eigenvalue weighted by molar-refractivity contribution is 7.92. The minimum Gasteiger partial charge on any atom is -0.497 e. The van der Waals surface area contributed by atoms with Gasteiger partial charge in [0, 0.05) is 6.07 Å². The summed E-state index contributed by atoms with van der Waals surface area (Å²) >= 11 is 0. The van der Waals surface area contributed by atoms with E-state index in [0.29, 0.717) is 17.9 Å².